The number of nitrogens with two attached hydrogens (primary N) is 1. The van der Waals surface area contributed by atoms with E-state index >= 15 is 0 Å². The van der Waals surface area contributed by atoms with Gasteiger partial charge in [-0.2, -0.15) is 0 Å². The minimum Gasteiger partial charge on any atom is -0.398 e. The Labute approximate surface area is 111 Å². The molecular formula is C17H14N2. The van der Waals surface area contributed by atoms with Crippen LogP contribution in [0.2, 0.25) is 0 Å². The standard InChI is InChI=1S/C17H14N2/c18-16-7-3-6-14-13(16)8-9-15-12-5-2-1-4-11(12)10-19-17(14)15/h1-7,10H,8-9,18H2. The lowest BCUT2D eigenvalue weighted by Crippen LogP contribution is -2.08. The van der Waals surface area contributed by atoms with Crippen LogP contribution in [0, 0.1) is 0 Å². The van der Waals surface area contributed by atoms with Gasteiger partial charge in [0, 0.05) is 22.8 Å². The zero-order valence-corrected chi connectivity index (χ0v) is 10.6. The van der Waals surface area contributed by atoms with E-state index in [4.69, 9.17) is 5.73 Å². The van der Waals surface area contributed by atoms with Crippen molar-refractivity contribution in [1.82, 2.24) is 4.98 Å². The van der Waals surface area contributed by atoms with E-state index in [9.17, 15) is 0 Å². The van der Waals surface area contributed by atoms with Crippen LogP contribution in [-0.2, 0) is 12.8 Å². The number of hydrogen-bond acceptors (Lipinski definition) is 2. The van der Waals surface area contributed by atoms with Crippen molar-refractivity contribution in [3.05, 3.63) is 59.8 Å². The van der Waals surface area contributed by atoms with Crippen molar-refractivity contribution in [2.75, 3.05) is 5.73 Å². The molecule has 0 fully saturated rings. The van der Waals surface area contributed by atoms with Crippen LogP contribution in [0.15, 0.2) is 48.7 Å². The number of nitrogens with zero attached hydrogens (tertiary/aromatic N) is 1. The number of aromatic nitrogens is 1. The molecule has 0 amide bonds. The molecule has 0 saturated carbocycles. The number of aryl methyl sites for hydroxylation is 1. The van der Waals surface area contributed by atoms with Crippen LogP contribution in [0.3, 0.4) is 0 Å². The Hall–Kier alpha value is -2.35. The highest BCUT2D eigenvalue weighted by atomic mass is 14.7. The highest BCUT2D eigenvalue weighted by molar-refractivity contribution is 5.91. The molecule has 2 aromatic carbocycles. The summed E-state index contributed by atoms with van der Waals surface area (Å²) in [7, 11) is 0. The van der Waals surface area contributed by atoms with Crippen LogP contribution in [0.1, 0.15) is 11.1 Å². The number of rotatable bonds is 0. The van der Waals surface area contributed by atoms with Gasteiger partial charge in [0.05, 0.1) is 5.69 Å². The van der Waals surface area contributed by atoms with Gasteiger partial charge >= 0.3 is 0 Å². The van der Waals surface area contributed by atoms with Gasteiger partial charge in [-0.1, -0.05) is 36.4 Å². The van der Waals surface area contributed by atoms with Crippen molar-refractivity contribution in [3.8, 4) is 11.3 Å². The molecule has 1 heterocycles. The molecule has 0 aliphatic heterocycles. The molecule has 0 radical (unpaired) electrons. The zero-order valence-electron chi connectivity index (χ0n) is 10.6. The maximum atomic E-state index is 6.08. The van der Waals surface area contributed by atoms with Crippen molar-refractivity contribution < 1.29 is 0 Å². The number of nitrogen functional groups attached to an aromatic ring is 1. The van der Waals surface area contributed by atoms with Crippen molar-refractivity contribution >= 4 is 16.5 Å². The van der Waals surface area contributed by atoms with Gasteiger partial charge in [0.2, 0.25) is 0 Å². The second kappa shape index (κ2) is 3.82. The van der Waals surface area contributed by atoms with E-state index in [0.717, 1.165) is 24.2 Å². The third-order valence-electron chi connectivity index (χ3n) is 4.00. The van der Waals surface area contributed by atoms with E-state index in [0.29, 0.717) is 0 Å². The molecule has 3 aromatic rings. The lowest BCUT2D eigenvalue weighted by atomic mass is 9.86. The lowest BCUT2D eigenvalue weighted by Gasteiger charge is -2.21. The third-order valence-corrected chi connectivity index (χ3v) is 4.00. The smallest absolute Gasteiger partial charge is 0.0744 e. The molecule has 19 heavy (non-hydrogen) atoms. The maximum Gasteiger partial charge on any atom is 0.0744 e. The van der Waals surface area contributed by atoms with Crippen molar-refractivity contribution in [3.63, 3.8) is 0 Å². The van der Waals surface area contributed by atoms with Crippen LogP contribution in [0.5, 0.6) is 0 Å². The highest BCUT2D eigenvalue weighted by Crippen LogP contribution is 2.37. The van der Waals surface area contributed by atoms with Gasteiger partial charge in [0.15, 0.2) is 0 Å². The molecule has 1 aromatic heterocycles. The van der Waals surface area contributed by atoms with E-state index in [-0.39, 0.29) is 0 Å². The van der Waals surface area contributed by atoms with Gasteiger partial charge < -0.3 is 5.73 Å². The molecule has 2 N–H and O–H groups in total. The van der Waals surface area contributed by atoms with Crippen molar-refractivity contribution in [2.45, 2.75) is 12.8 Å². The number of benzene rings is 2. The van der Waals surface area contributed by atoms with E-state index in [1.165, 1.54) is 27.5 Å². The first kappa shape index (κ1) is 10.6. The minimum absolute atomic E-state index is 0.887. The van der Waals surface area contributed by atoms with Crippen LogP contribution >= 0.6 is 0 Å². The summed E-state index contributed by atoms with van der Waals surface area (Å²) in [5.41, 5.74) is 11.9. The summed E-state index contributed by atoms with van der Waals surface area (Å²) in [5.74, 6) is 0. The van der Waals surface area contributed by atoms with Gasteiger partial charge in [-0.05, 0) is 35.4 Å². The van der Waals surface area contributed by atoms with Gasteiger partial charge in [0.25, 0.3) is 0 Å². The van der Waals surface area contributed by atoms with Crippen molar-refractivity contribution in [1.29, 1.82) is 0 Å². The van der Waals surface area contributed by atoms with Gasteiger partial charge in [-0.3, -0.25) is 4.98 Å². The summed E-state index contributed by atoms with van der Waals surface area (Å²) in [4.78, 5) is 4.67. The van der Waals surface area contributed by atoms with Gasteiger partial charge in [-0.15, -0.1) is 0 Å². The minimum atomic E-state index is 0.887. The Morgan fingerprint density at radius 2 is 1.74 bits per heavy atom. The Bertz CT molecular complexity index is 790. The van der Waals surface area contributed by atoms with E-state index in [1.54, 1.807) is 0 Å². The first-order valence-corrected chi connectivity index (χ1v) is 6.59. The monoisotopic (exact) mass is 246 g/mol. The summed E-state index contributed by atoms with van der Waals surface area (Å²) in [6.07, 6.45) is 3.99. The van der Waals surface area contributed by atoms with Gasteiger partial charge in [0.1, 0.15) is 0 Å². The molecular weight excluding hydrogens is 232 g/mol. The average Bonchev–Trinajstić information content (AvgIpc) is 2.47. The molecule has 4 rings (SSSR count). The fourth-order valence-electron chi connectivity index (χ4n) is 3.06. The van der Waals surface area contributed by atoms with Crippen LogP contribution < -0.4 is 5.73 Å². The molecule has 0 bridgehead atoms. The summed E-state index contributed by atoms with van der Waals surface area (Å²) < 4.78 is 0. The molecule has 1 aliphatic carbocycles. The first-order chi connectivity index (χ1) is 9.34. The highest BCUT2D eigenvalue weighted by Gasteiger charge is 2.20. The predicted octanol–water partition coefficient (Wildman–Crippen LogP) is 3.58. The Morgan fingerprint density at radius 1 is 0.895 bits per heavy atom. The van der Waals surface area contributed by atoms with E-state index in [1.807, 2.05) is 18.3 Å². The number of hydrogen-bond donors (Lipinski definition) is 1. The molecule has 92 valence electrons. The summed E-state index contributed by atoms with van der Waals surface area (Å²) in [6, 6.07) is 14.6. The second-order valence-corrected chi connectivity index (χ2v) is 5.05. The summed E-state index contributed by atoms with van der Waals surface area (Å²) in [6.45, 7) is 0. The third kappa shape index (κ3) is 1.46. The predicted molar refractivity (Wildman–Crippen MR) is 79.0 cm³/mol. The second-order valence-electron chi connectivity index (χ2n) is 5.05. The van der Waals surface area contributed by atoms with E-state index < -0.39 is 0 Å². The van der Waals surface area contributed by atoms with Crippen LogP contribution in [-0.4, -0.2) is 4.98 Å². The van der Waals surface area contributed by atoms with E-state index in [2.05, 4.69) is 35.3 Å². The quantitative estimate of drug-likeness (QED) is 0.616. The normalized spacial score (nSPS) is 13.1. The molecule has 0 saturated heterocycles. The van der Waals surface area contributed by atoms with Crippen molar-refractivity contribution in [2.24, 2.45) is 0 Å². The van der Waals surface area contributed by atoms with Crippen LogP contribution in [0.4, 0.5) is 5.69 Å². The Kier molecular flexibility index (Phi) is 2.12. The number of anilines is 1. The SMILES string of the molecule is Nc1cccc2c1CCc1c-2ncc2ccccc12. The molecule has 0 atom stereocenters. The van der Waals surface area contributed by atoms with Gasteiger partial charge in [-0.25, -0.2) is 0 Å². The number of fused-ring (bicyclic) bond motifs is 5. The summed E-state index contributed by atoms with van der Waals surface area (Å²) >= 11 is 0. The molecule has 2 heteroatoms. The first-order valence-electron chi connectivity index (χ1n) is 6.59. The molecule has 0 spiro atoms. The molecule has 0 unspecified atom stereocenters. The Morgan fingerprint density at radius 3 is 2.68 bits per heavy atom. The average molecular weight is 246 g/mol. The zero-order chi connectivity index (χ0) is 12.8. The lowest BCUT2D eigenvalue weighted by molar-refractivity contribution is 0.941. The van der Waals surface area contributed by atoms with Crippen LogP contribution in [0.25, 0.3) is 22.0 Å². The molecule has 1 aliphatic rings. The fraction of sp³-hybridized carbons (Fsp3) is 0.118. The fourth-order valence-corrected chi connectivity index (χ4v) is 3.06. The number of pyridine rings is 1. The largest absolute Gasteiger partial charge is 0.398 e. The topological polar surface area (TPSA) is 38.9 Å². The summed E-state index contributed by atoms with van der Waals surface area (Å²) in [5, 5.41) is 2.54. The maximum absolute atomic E-state index is 6.08. The Balaban J connectivity index is 2.08. The molecule has 2 nitrogen and oxygen atoms in total.